The molecule has 1 aliphatic rings. The van der Waals surface area contributed by atoms with Gasteiger partial charge in [-0.3, -0.25) is 0 Å². The highest BCUT2D eigenvalue weighted by Gasteiger charge is 2.33. The Labute approximate surface area is 172 Å². The van der Waals surface area contributed by atoms with Gasteiger partial charge in [-0.05, 0) is 25.3 Å². The van der Waals surface area contributed by atoms with Gasteiger partial charge in [-0.1, -0.05) is 51.2 Å². The van der Waals surface area contributed by atoms with Crippen LogP contribution in [0.3, 0.4) is 0 Å². The highest BCUT2D eigenvalue weighted by Crippen LogP contribution is 2.42. The van der Waals surface area contributed by atoms with Gasteiger partial charge in [0.1, 0.15) is 4.83 Å². The summed E-state index contributed by atoms with van der Waals surface area (Å²) < 4.78 is 8.35. The normalized spacial score (nSPS) is 20.1. The molecule has 0 amide bonds. The molecule has 1 aliphatic heterocycles. The number of fused-ring (bicyclic) bond motifs is 5. The molecular weight excluding hydrogens is 396 g/mol. The quantitative estimate of drug-likeness (QED) is 0.382. The molecule has 0 saturated heterocycles. The van der Waals surface area contributed by atoms with Crippen LogP contribution >= 0.6 is 34.9 Å². The summed E-state index contributed by atoms with van der Waals surface area (Å²) in [5, 5.41) is 12.7. The van der Waals surface area contributed by atoms with Crippen molar-refractivity contribution >= 4 is 50.7 Å². The first-order chi connectivity index (χ1) is 13.0. The molecule has 0 radical (unpaired) electrons. The number of rotatable bonds is 6. The third-order valence-corrected chi connectivity index (χ3v) is 8.13. The van der Waals surface area contributed by atoms with Crippen molar-refractivity contribution in [2.45, 2.75) is 81.7 Å². The lowest BCUT2D eigenvalue weighted by atomic mass is 9.90. The topological polar surface area (TPSA) is 52.3 Å². The Balaban J connectivity index is 1.95. The van der Waals surface area contributed by atoms with E-state index in [-0.39, 0.29) is 5.60 Å². The summed E-state index contributed by atoms with van der Waals surface area (Å²) in [5.41, 5.74) is 2.21. The summed E-state index contributed by atoms with van der Waals surface area (Å²) >= 11 is 5.30. The predicted octanol–water partition coefficient (Wildman–Crippen LogP) is 5.58. The van der Waals surface area contributed by atoms with Crippen LogP contribution in [0.2, 0.25) is 0 Å². The van der Waals surface area contributed by atoms with E-state index < -0.39 is 0 Å². The summed E-state index contributed by atoms with van der Waals surface area (Å²) in [7, 11) is 0. The predicted molar refractivity (Wildman–Crippen MR) is 115 cm³/mol. The summed E-state index contributed by atoms with van der Waals surface area (Å²) in [6, 6.07) is 0. The van der Waals surface area contributed by atoms with E-state index >= 15 is 0 Å². The molecule has 1 atom stereocenters. The zero-order valence-corrected chi connectivity index (χ0v) is 19.0. The molecule has 4 rings (SSSR count). The molecule has 0 fully saturated rings. The smallest absolute Gasteiger partial charge is 0.197 e. The van der Waals surface area contributed by atoms with Crippen molar-refractivity contribution in [2.24, 2.45) is 0 Å². The van der Waals surface area contributed by atoms with Crippen molar-refractivity contribution in [3.63, 3.8) is 0 Å². The van der Waals surface area contributed by atoms with Crippen molar-refractivity contribution in [1.82, 2.24) is 19.6 Å². The maximum Gasteiger partial charge on any atom is 0.197 e. The summed E-state index contributed by atoms with van der Waals surface area (Å²) in [6.45, 7) is 11.7. The van der Waals surface area contributed by atoms with Crippen molar-refractivity contribution in [2.75, 3.05) is 5.75 Å². The third-order valence-electron chi connectivity index (χ3n) is 4.94. The van der Waals surface area contributed by atoms with E-state index in [2.05, 4.69) is 49.2 Å². The first kappa shape index (κ1) is 19.5. The van der Waals surface area contributed by atoms with Crippen LogP contribution < -0.4 is 0 Å². The van der Waals surface area contributed by atoms with Gasteiger partial charge in [-0.2, -0.15) is 0 Å². The molecule has 1 unspecified atom stereocenters. The monoisotopic (exact) mass is 422 g/mol. The SMILES string of the molecule is CCCSc1nc2sc3c(c2c2nnc(SC(C)C)n12)CC(C)(CC)OC3. The van der Waals surface area contributed by atoms with Gasteiger partial charge in [0, 0.05) is 22.3 Å². The Hall–Kier alpha value is -0.830. The zero-order valence-electron chi connectivity index (χ0n) is 16.5. The first-order valence-electron chi connectivity index (χ1n) is 9.58. The second-order valence-electron chi connectivity index (χ2n) is 7.50. The summed E-state index contributed by atoms with van der Waals surface area (Å²) in [6.07, 6.45) is 3.03. The lowest BCUT2D eigenvalue weighted by molar-refractivity contribution is -0.0542. The number of thioether (sulfide) groups is 2. The van der Waals surface area contributed by atoms with Gasteiger partial charge in [-0.25, -0.2) is 9.38 Å². The standard InChI is InChI=1S/C19H26N4OS3/c1-6-8-25-17-20-16-14(15-21-22-18(23(15)17)26-11(3)4)12-9-19(5,7-2)24-10-13(12)27-16/h11H,6-10H2,1-5H3. The Kier molecular flexibility index (Phi) is 5.44. The van der Waals surface area contributed by atoms with Crippen LogP contribution in [0.5, 0.6) is 0 Å². The van der Waals surface area contributed by atoms with Crippen LogP contribution in [0, 0.1) is 0 Å². The minimum absolute atomic E-state index is 0.108. The second kappa shape index (κ2) is 7.54. The fraction of sp³-hybridized carbons (Fsp3) is 0.632. The molecule has 0 spiro atoms. The number of ether oxygens (including phenoxy) is 1. The molecule has 0 saturated carbocycles. The van der Waals surface area contributed by atoms with Gasteiger partial charge in [0.2, 0.25) is 0 Å². The molecule has 3 aromatic rings. The molecule has 5 nitrogen and oxygen atoms in total. The average molecular weight is 423 g/mol. The van der Waals surface area contributed by atoms with Crippen LogP contribution in [0.15, 0.2) is 10.3 Å². The molecule has 146 valence electrons. The highest BCUT2D eigenvalue weighted by molar-refractivity contribution is 8.00. The Bertz CT molecular complexity index is 981. The Morgan fingerprint density at radius 1 is 1.26 bits per heavy atom. The zero-order chi connectivity index (χ0) is 19.2. The van der Waals surface area contributed by atoms with E-state index in [1.165, 1.54) is 15.8 Å². The third kappa shape index (κ3) is 3.50. The Morgan fingerprint density at radius 3 is 2.78 bits per heavy atom. The largest absolute Gasteiger partial charge is 0.369 e. The van der Waals surface area contributed by atoms with E-state index in [0.717, 1.165) is 45.8 Å². The van der Waals surface area contributed by atoms with Crippen LogP contribution in [0.4, 0.5) is 0 Å². The van der Waals surface area contributed by atoms with Crippen molar-refractivity contribution in [3.8, 4) is 0 Å². The van der Waals surface area contributed by atoms with E-state index in [9.17, 15) is 0 Å². The summed E-state index contributed by atoms with van der Waals surface area (Å²) in [4.78, 5) is 7.42. The molecule has 0 N–H and O–H groups in total. The fourth-order valence-electron chi connectivity index (χ4n) is 3.32. The van der Waals surface area contributed by atoms with Crippen LogP contribution in [0.1, 0.15) is 57.9 Å². The fourth-order valence-corrected chi connectivity index (χ4v) is 6.17. The average Bonchev–Trinajstić information content (AvgIpc) is 3.20. The van der Waals surface area contributed by atoms with E-state index in [1.807, 2.05) is 0 Å². The minimum Gasteiger partial charge on any atom is -0.369 e. The van der Waals surface area contributed by atoms with Gasteiger partial charge < -0.3 is 4.74 Å². The minimum atomic E-state index is -0.108. The number of hydrogen-bond acceptors (Lipinski definition) is 7. The number of nitrogens with zero attached hydrogens (tertiary/aromatic N) is 4. The first-order valence-corrected chi connectivity index (χ1v) is 12.3. The molecule has 0 aliphatic carbocycles. The Morgan fingerprint density at radius 2 is 2.07 bits per heavy atom. The van der Waals surface area contributed by atoms with E-state index in [1.54, 1.807) is 34.9 Å². The number of thiophene rings is 1. The molecule has 8 heteroatoms. The van der Waals surface area contributed by atoms with E-state index in [0.29, 0.717) is 11.9 Å². The number of aromatic nitrogens is 4. The maximum absolute atomic E-state index is 6.17. The molecule has 0 aromatic carbocycles. The van der Waals surface area contributed by atoms with Gasteiger partial charge in [0.05, 0.1) is 17.6 Å². The highest BCUT2D eigenvalue weighted by atomic mass is 32.2. The molecule has 27 heavy (non-hydrogen) atoms. The van der Waals surface area contributed by atoms with Crippen LogP contribution in [0.25, 0.3) is 15.9 Å². The lowest BCUT2D eigenvalue weighted by Gasteiger charge is -2.33. The van der Waals surface area contributed by atoms with Crippen LogP contribution in [-0.4, -0.2) is 36.2 Å². The number of hydrogen-bond donors (Lipinski definition) is 0. The molecular formula is C19H26N4OS3. The maximum atomic E-state index is 6.17. The molecule has 0 bridgehead atoms. The van der Waals surface area contributed by atoms with Gasteiger partial charge in [0.25, 0.3) is 0 Å². The van der Waals surface area contributed by atoms with E-state index in [4.69, 9.17) is 9.72 Å². The van der Waals surface area contributed by atoms with Gasteiger partial charge >= 0.3 is 0 Å². The van der Waals surface area contributed by atoms with Crippen molar-refractivity contribution < 1.29 is 4.74 Å². The van der Waals surface area contributed by atoms with Gasteiger partial charge in [-0.15, -0.1) is 21.5 Å². The lowest BCUT2D eigenvalue weighted by Crippen LogP contribution is -2.33. The van der Waals surface area contributed by atoms with Crippen LogP contribution in [-0.2, 0) is 17.8 Å². The molecule has 4 heterocycles. The summed E-state index contributed by atoms with van der Waals surface area (Å²) in [5.74, 6) is 1.04. The molecule has 3 aromatic heterocycles. The van der Waals surface area contributed by atoms with Crippen molar-refractivity contribution in [1.29, 1.82) is 0 Å². The van der Waals surface area contributed by atoms with Gasteiger partial charge in [0.15, 0.2) is 16.0 Å². The second-order valence-corrected chi connectivity index (χ2v) is 11.2. The van der Waals surface area contributed by atoms with Crippen molar-refractivity contribution in [3.05, 3.63) is 10.4 Å².